The second kappa shape index (κ2) is 8.59. The van der Waals surface area contributed by atoms with Crippen LogP contribution in [0, 0.1) is 0 Å². The van der Waals surface area contributed by atoms with E-state index in [-0.39, 0.29) is 0 Å². The standard InChI is InChI=1S/C17H21ClN2O2/c1-22-16-11-13(18)8-9-14(16)15-12-19-17(20-15)7-5-3-2-4-6-10-21/h8-12H,2-7H2,1H3,(H,19,20). The molecule has 118 valence electrons. The number of ether oxygens (including phenoxy) is 1. The molecule has 22 heavy (non-hydrogen) atoms. The van der Waals surface area contributed by atoms with E-state index in [1.165, 1.54) is 0 Å². The van der Waals surface area contributed by atoms with Crippen molar-refractivity contribution in [1.29, 1.82) is 0 Å². The molecular formula is C17H21ClN2O2. The quantitative estimate of drug-likeness (QED) is 0.549. The lowest BCUT2D eigenvalue weighted by Crippen LogP contribution is -1.90. The van der Waals surface area contributed by atoms with E-state index < -0.39 is 0 Å². The lowest BCUT2D eigenvalue weighted by Gasteiger charge is -2.06. The summed E-state index contributed by atoms with van der Waals surface area (Å²) in [6, 6.07) is 5.56. The van der Waals surface area contributed by atoms with Crippen molar-refractivity contribution in [2.45, 2.75) is 38.5 Å². The molecule has 1 N–H and O–H groups in total. The Bertz CT molecular complexity index is 610. The van der Waals surface area contributed by atoms with Gasteiger partial charge in [-0.25, -0.2) is 4.98 Å². The molecule has 0 spiro atoms. The van der Waals surface area contributed by atoms with Crippen LogP contribution in [-0.2, 0) is 11.2 Å². The number of aryl methyl sites for hydroxylation is 1. The van der Waals surface area contributed by atoms with Gasteiger partial charge in [0.15, 0.2) is 0 Å². The second-order valence-electron chi connectivity index (χ2n) is 5.21. The second-order valence-corrected chi connectivity index (χ2v) is 5.64. The predicted octanol–water partition coefficient (Wildman–Crippen LogP) is 4.43. The topological polar surface area (TPSA) is 55.0 Å². The van der Waals surface area contributed by atoms with Gasteiger partial charge in [0.1, 0.15) is 17.9 Å². The van der Waals surface area contributed by atoms with E-state index in [9.17, 15) is 4.79 Å². The Kier molecular flexibility index (Phi) is 6.46. The number of hydrogen-bond donors (Lipinski definition) is 1. The Morgan fingerprint density at radius 2 is 2.09 bits per heavy atom. The van der Waals surface area contributed by atoms with E-state index >= 15 is 0 Å². The van der Waals surface area contributed by atoms with Gasteiger partial charge in [0.05, 0.1) is 19.0 Å². The number of halogens is 1. The van der Waals surface area contributed by atoms with Gasteiger partial charge in [-0.1, -0.05) is 24.4 Å². The van der Waals surface area contributed by atoms with Gasteiger partial charge in [-0.05, 0) is 31.0 Å². The van der Waals surface area contributed by atoms with Crippen LogP contribution in [0.1, 0.15) is 37.9 Å². The monoisotopic (exact) mass is 320 g/mol. The van der Waals surface area contributed by atoms with Crippen molar-refractivity contribution in [1.82, 2.24) is 9.97 Å². The molecule has 0 unspecified atom stereocenters. The van der Waals surface area contributed by atoms with E-state index in [0.29, 0.717) is 11.4 Å². The largest absolute Gasteiger partial charge is 0.496 e. The van der Waals surface area contributed by atoms with Crippen LogP contribution in [0.2, 0.25) is 5.02 Å². The smallest absolute Gasteiger partial charge is 0.129 e. The summed E-state index contributed by atoms with van der Waals surface area (Å²) < 4.78 is 5.37. The molecule has 0 amide bonds. The molecule has 5 heteroatoms. The maximum atomic E-state index is 10.2. The number of hydrogen-bond acceptors (Lipinski definition) is 3. The van der Waals surface area contributed by atoms with Crippen molar-refractivity contribution >= 4 is 17.9 Å². The Morgan fingerprint density at radius 3 is 2.86 bits per heavy atom. The number of aromatic nitrogens is 2. The highest BCUT2D eigenvalue weighted by atomic mass is 35.5. The number of carbonyl (C=O) groups excluding carboxylic acids is 1. The molecule has 0 aliphatic heterocycles. The Morgan fingerprint density at radius 1 is 1.27 bits per heavy atom. The third kappa shape index (κ3) is 4.60. The minimum Gasteiger partial charge on any atom is -0.496 e. The van der Waals surface area contributed by atoms with Gasteiger partial charge in [0.2, 0.25) is 0 Å². The summed E-state index contributed by atoms with van der Waals surface area (Å²) in [5, 5.41) is 0.649. The molecule has 1 aromatic heterocycles. The van der Waals surface area contributed by atoms with Crippen LogP contribution >= 0.6 is 11.6 Å². The summed E-state index contributed by atoms with van der Waals surface area (Å²) in [5.41, 5.74) is 1.89. The zero-order valence-electron chi connectivity index (χ0n) is 12.8. The van der Waals surface area contributed by atoms with Crippen LogP contribution in [-0.4, -0.2) is 23.4 Å². The van der Waals surface area contributed by atoms with Crippen LogP contribution in [0.4, 0.5) is 0 Å². The maximum absolute atomic E-state index is 10.2. The average Bonchev–Trinajstić information content (AvgIpc) is 2.99. The molecule has 1 heterocycles. The van der Waals surface area contributed by atoms with E-state index in [0.717, 1.165) is 61.2 Å². The SMILES string of the molecule is COc1cc(Cl)ccc1-c1cnc(CCCCCCC=O)[nH]1. The van der Waals surface area contributed by atoms with Crippen molar-refractivity contribution in [3.8, 4) is 17.0 Å². The van der Waals surface area contributed by atoms with Gasteiger partial charge in [-0.3, -0.25) is 0 Å². The first kappa shape index (κ1) is 16.6. The average molecular weight is 321 g/mol. The van der Waals surface area contributed by atoms with Crippen molar-refractivity contribution < 1.29 is 9.53 Å². The van der Waals surface area contributed by atoms with Crippen molar-refractivity contribution in [3.05, 3.63) is 35.2 Å². The van der Waals surface area contributed by atoms with Crippen LogP contribution in [0.15, 0.2) is 24.4 Å². The molecule has 1 aromatic carbocycles. The van der Waals surface area contributed by atoms with E-state index in [1.807, 2.05) is 18.3 Å². The maximum Gasteiger partial charge on any atom is 0.129 e. The molecule has 0 radical (unpaired) electrons. The molecule has 0 saturated carbocycles. The third-order valence-corrected chi connectivity index (χ3v) is 3.80. The van der Waals surface area contributed by atoms with Crippen LogP contribution in [0.25, 0.3) is 11.3 Å². The molecule has 4 nitrogen and oxygen atoms in total. The first-order valence-corrected chi connectivity index (χ1v) is 7.94. The first-order chi connectivity index (χ1) is 10.7. The zero-order chi connectivity index (χ0) is 15.8. The minimum atomic E-state index is 0.649. The fraction of sp³-hybridized carbons (Fsp3) is 0.412. The molecule has 2 aromatic rings. The van der Waals surface area contributed by atoms with Crippen molar-refractivity contribution in [2.24, 2.45) is 0 Å². The Balaban J connectivity index is 1.92. The number of carbonyl (C=O) groups is 1. The molecule has 2 rings (SSSR count). The Hall–Kier alpha value is -1.81. The molecule has 0 bridgehead atoms. The number of nitrogens with one attached hydrogen (secondary N) is 1. The fourth-order valence-corrected chi connectivity index (χ4v) is 2.55. The summed E-state index contributed by atoms with van der Waals surface area (Å²) in [7, 11) is 1.63. The number of aldehydes is 1. The normalized spacial score (nSPS) is 10.6. The lowest BCUT2D eigenvalue weighted by atomic mass is 10.1. The number of rotatable bonds is 9. The highest BCUT2D eigenvalue weighted by Crippen LogP contribution is 2.31. The summed E-state index contributed by atoms with van der Waals surface area (Å²) in [6.07, 6.45) is 8.66. The minimum absolute atomic E-state index is 0.649. The van der Waals surface area contributed by atoms with Gasteiger partial charge in [-0.15, -0.1) is 0 Å². The van der Waals surface area contributed by atoms with Gasteiger partial charge in [-0.2, -0.15) is 0 Å². The number of imidazole rings is 1. The van der Waals surface area contributed by atoms with Gasteiger partial charge >= 0.3 is 0 Å². The molecule has 0 aliphatic carbocycles. The number of aromatic amines is 1. The van der Waals surface area contributed by atoms with E-state index in [1.54, 1.807) is 13.2 Å². The number of nitrogens with zero attached hydrogens (tertiary/aromatic N) is 1. The summed E-state index contributed by atoms with van der Waals surface area (Å²) in [5.74, 6) is 1.71. The number of H-pyrrole nitrogens is 1. The molecule has 0 saturated heterocycles. The number of benzene rings is 1. The third-order valence-electron chi connectivity index (χ3n) is 3.57. The summed E-state index contributed by atoms with van der Waals surface area (Å²) >= 11 is 5.98. The van der Waals surface area contributed by atoms with Crippen LogP contribution in [0.3, 0.4) is 0 Å². The molecular weight excluding hydrogens is 300 g/mol. The summed E-state index contributed by atoms with van der Waals surface area (Å²) in [6.45, 7) is 0. The first-order valence-electron chi connectivity index (χ1n) is 7.56. The highest BCUT2D eigenvalue weighted by Gasteiger charge is 2.09. The predicted molar refractivity (Wildman–Crippen MR) is 88.4 cm³/mol. The lowest BCUT2D eigenvalue weighted by molar-refractivity contribution is -0.107. The molecule has 0 fully saturated rings. The Labute approximate surface area is 135 Å². The zero-order valence-corrected chi connectivity index (χ0v) is 13.5. The van der Waals surface area contributed by atoms with Crippen LogP contribution < -0.4 is 4.74 Å². The fourth-order valence-electron chi connectivity index (χ4n) is 2.39. The number of methoxy groups -OCH3 is 1. The van der Waals surface area contributed by atoms with Gasteiger partial charge in [0, 0.05) is 23.4 Å². The summed E-state index contributed by atoms with van der Waals surface area (Å²) in [4.78, 5) is 18.0. The molecule has 0 atom stereocenters. The highest BCUT2D eigenvalue weighted by molar-refractivity contribution is 6.30. The van der Waals surface area contributed by atoms with E-state index in [2.05, 4.69) is 9.97 Å². The van der Waals surface area contributed by atoms with Crippen LogP contribution in [0.5, 0.6) is 5.75 Å². The van der Waals surface area contributed by atoms with Crippen molar-refractivity contribution in [3.63, 3.8) is 0 Å². The molecule has 0 aliphatic rings. The van der Waals surface area contributed by atoms with Gasteiger partial charge in [0.25, 0.3) is 0 Å². The van der Waals surface area contributed by atoms with E-state index in [4.69, 9.17) is 16.3 Å². The van der Waals surface area contributed by atoms with Crippen molar-refractivity contribution in [2.75, 3.05) is 7.11 Å². The van der Waals surface area contributed by atoms with Gasteiger partial charge < -0.3 is 14.5 Å². The number of unbranched alkanes of at least 4 members (excludes halogenated alkanes) is 4.